The second-order valence-electron chi connectivity index (χ2n) is 9.92. The van der Waals surface area contributed by atoms with Crippen molar-refractivity contribution < 1.29 is 38.2 Å². The fourth-order valence-corrected chi connectivity index (χ4v) is 3.02. The third-order valence-electron chi connectivity index (χ3n) is 5.29. The third-order valence-corrected chi connectivity index (χ3v) is 5.29. The molecule has 42 heavy (non-hydrogen) atoms. The highest BCUT2D eigenvalue weighted by Crippen LogP contribution is 2.19. The lowest BCUT2D eigenvalue weighted by molar-refractivity contribution is -0.0875. The largest absolute Gasteiger partial charge is 0.535 e. The maximum absolute atomic E-state index is 12.0. The molecule has 0 amide bonds. The number of nitrogens with one attached hydrogen (secondary N) is 2. The van der Waals surface area contributed by atoms with Crippen molar-refractivity contribution in [2.45, 2.75) is 58.7 Å². The monoisotopic (exact) mass is 592 g/mol. The molecule has 14 heteroatoms. The summed E-state index contributed by atoms with van der Waals surface area (Å²) in [7, 11) is 1.65. The van der Waals surface area contributed by atoms with Crippen LogP contribution in [0.2, 0.25) is 0 Å². The summed E-state index contributed by atoms with van der Waals surface area (Å²) in [6.45, 7) is 13.7. The second-order valence-corrected chi connectivity index (χ2v) is 9.92. The van der Waals surface area contributed by atoms with E-state index in [0.717, 1.165) is 4.85 Å². The van der Waals surface area contributed by atoms with Gasteiger partial charge in [-0.2, -0.15) is 0 Å². The molecule has 0 saturated carbocycles. The Bertz CT molecular complexity index is 1160. The number of allylic oxidation sites excluding steroid dienone is 5. The van der Waals surface area contributed by atoms with Crippen molar-refractivity contribution in [3.63, 3.8) is 0 Å². The lowest BCUT2D eigenvalue weighted by Crippen LogP contribution is -2.33. The molecular formula is C28H44N6O8. The second kappa shape index (κ2) is 19.2. The van der Waals surface area contributed by atoms with Crippen molar-refractivity contribution >= 4 is 23.3 Å². The lowest BCUT2D eigenvalue weighted by Gasteiger charge is -2.29. The number of fused-ring (bicyclic) bond motifs is 1. The van der Waals surface area contributed by atoms with Gasteiger partial charge in [-0.15, -0.1) is 5.10 Å². The molecule has 14 nitrogen and oxygen atoms in total. The number of hydrogen-bond donors (Lipinski definition) is 3. The lowest BCUT2D eigenvalue weighted by atomic mass is 10.0. The molecule has 1 aromatic carbocycles. The first-order valence-corrected chi connectivity index (χ1v) is 13.3. The van der Waals surface area contributed by atoms with Gasteiger partial charge in [0, 0.05) is 12.1 Å². The van der Waals surface area contributed by atoms with Crippen LogP contribution in [-0.2, 0) is 23.8 Å². The van der Waals surface area contributed by atoms with Crippen molar-refractivity contribution in [2.24, 2.45) is 5.84 Å². The summed E-state index contributed by atoms with van der Waals surface area (Å²) in [5.41, 5.74) is 5.45. The van der Waals surface area contributed by atoms with E-state index in [9.17, 15) is 9.59 Å². The fourth-order valence-electron chi connectivity index (χ4n) is 3.02. The Hall–Kier alpha value is -3.98. The molecule has 0 atom stereocenters. The van der Waals surface area contributed by atoms with Gasteiger partial charge in [0.05, 0.1) is 31.0 Å². The fraction of sp³-hybridized carbons (Fsp3) is 0.500. The SMILES string of the molecule is C=C/C=C\C=C(/C)NOC(=O)OCCOC(C)(C)CCOC(C)(C)CCOC(=O)On1nnc2ccccc21.CNN. The molecular weight excluding hydrogens is 548 g/mol. The van der Waals surface area contributed by atoms with Crippen LogP contribution < -0.4 is 21.6 Å². The maximum Gasteiger partial charge on any atom is 0.535 e. The molecule has 0 unspecified atom stereocenters. The Balaban J connectivity index is 0.00000281. The minimum absolute atomic E-state index is 0.0350. The van der Waals surface area contributed by atoms with E-state index in [4.69, 9.17) is 28.6 Å². The number of hydroxylamine groups is 1. The molecule has 1 aromatic heterocycles. The summed E-state index contributed by atoms with van der Waals surface area (Å²) in [5.74, 6) is 4.60. The Morgan fingerprint density at radius 3 is 2.29 bits per heavy atom. The number of benzene rings is 1. The van der Waals surface area contributed by atoms with E-state index in [-0.39, 0.29) is 19.8 Å². The molecule has 0 saturated heterocycles. The molecule has 4 N–H and O–H groups in total. The molecule has 0 aliphatic rings. The summed E-state index contributed by atoms with van der Waals surface area (Å²) in [4.78, 5) is 34.6. The molecule has 0 spiro atoms. The van der Waals surface area contributed by atoms with E-state index in [1.807, 2.05) is 33.8 Å². The van der Waals surface area contributed by atoms with Gasteiger partial charge in [-0.3, -0.25) is 16.1 Å². The predicted octanol–water partition coefficient (Wildman–Crippen LogP) is 3.75. The van der Waals surface area contributed by atoms with Gasteiger partial charge in [0.2, 0.25) is 0 Å². The maximum atomic E-state index is 12.0. The minimum Gasteiger partial charge on any atom is -0.433 e. The van der Waals surface area contributed by atoms with Crippen molar-refractivity contribution in [2.75, 3.05) is 33.5 Å². The van der Waals surface area contributed by atoms with Crippen LogP contribution in [0.4, 0.5) is 9.59 Å². The van der Waals surface area contributed by atoms with Crippen LogP contribution in [-0.4, -0.2) is 72.1 Å². The zero-order chi connectivity index (χ0) is 31.4. The van der Waals surface area contributed by atoms with Crippen LogP contribution in [0.1, 0.15) is 47.5 Å². The van der Waals surface area contributed by atoms with E-state index < -0.39 is 23.5 Å². The Morgan fingerprint density at radius 1 is 0.976 bits per heavy atom. The Labute approximate surface area is 246 Å². The van der Waals surface area contributed by atoms with Crippen LogP contribution in [0, 0.1) is 0 Å². The summed E-state index contributed by atoms with van der Waals surface area (Å²) in [5, 5.41) is 7.70. The first-order valence-electron chi connectivity index (χ1n) is 13.3. The van der Waals surface area contributed by atoms with Crippen molar-refractivity contribution in [3.8, 4) is 0 Å². The molecule has 1 heterocycles. The first-order chi connectivity index (χ1) is 19.9. The predicted molar refractivity (Wildman–Crippen MR) is 157 cm³/mol. The summed E-state index contributed by atoms with van der Waals surface area (Å²) in [6.07, 6.45) is 6.13. The van der Waals surface area contributed by atoms with E-state index >= 15 is 0 Å². The number of hydrazine groups is 1. The zero-order valence-corrected chi connectivity index (χ0v) is 25.3. The van der Waals surface area contributed by atoms with Crippen LogP contribution >= 0.6 is 0 Å². The van der Waals surface area contributed by atoms with Gasteiger partial charge in [0.25, 0.3) is 0 Å². The molecule has 2 aromatic rings. The highest BCUT2D eigenvalue weighted by molar-refractivity contribution is 5.74. The number of para-hydroxylation sites is 1. The highest BCUT2D eigenvalue weighted by Gasteiger charge is 2.24. The van der Waals surface area contributed by atoms with Crippen LogP contribution in [0.15, 0.2) is 60.8 Å². The van der Waals surface area contributed by atoms with Gasteiger partial charge in [-0.25, -0.2) is 15.1 Å². The standard InChI is InChI=1S/C27H38N4O8.CH6N2/c1-7-8-9-12-21(2)29-38-24(32)35-19-20-37-27(5,6)16-18-36-26(3,4)15-17-34-25(33)39-31-23-14-11-10-13-22(23)28-30-31;1-3-2/h7-14,29H,1,15-20H2,2-6H3;3H,2H2,1H3/b9-8-,21-12+;. The summed E-state index contributed by atoms with van der Waals surface area (Å²) >= 11 is 0. The Morgan fingerprint density at radius 2 is 1.60 bits per heavy atom. The Kier molecular flexibility index (Phi) is 16.5. The first kappa shape index (κ1) is 36.0. The number of rotatable bonds is 16. The number of carbonyl (C=O) groups is 2. The number of carbonyl (C=O) groups excluding carboxylic acids is 2. The summed E-state index contributed by atoms with van der Waals surface area (Å²) < 4.78 is 21.9. The van der Waals surface area contributed by atoms with Crippen LogP contribution in [0.25, 0.3) is 11.0 Å². The van der Waals surface area contributed by atoms with Crippen molar-refractivity contribution in [1.82, 2.24) is 26.1 Å². The van der Waals surface area contributed by atoms with Gasteiger partial charge < -0.3 is 23.8 Å². The molecule has 2 rings (SSSR count). The van der Waals surface area contributed by atoms with E-state index in [2.05, 4.69) is 33.6 Å². The molecule has 0 aliphatic carbocycles. The zero-order valence-electron chi connectivity index (χ0n) is 25.3. The number of ether oxygens (including phenoxy) is 4. The van der Waals surface area contributed by atoms with Crippen LogP contribution in [0.3, 0.4) is 0 Å². The molecule has 0 fully saturated rings. The molecule has 234 valence electrons. The van der Waals surface area contributed by atoms with Crippen molar-refractivity contribution in [3.05, 3.63) is 60.8 Å². The molecule has 0 radical (unpaired) electrons. The number of aromatic nitrogens is 3. The van der Waals surface area contributed by atoms with Crippen LogP contribution in [0.5, 0.6) is 0 Å². The summed E-state index contributed by atoms with van der Waals surface area (Å²) in [6, 6.07) is 7.09. The van der Waals surface area contributed by atoms with Gasteiger partial charge in [-0.1, -0.05) is 41.8 Å². The van der Waals surface area contributed by atoms with Crippen molar-refractivity contribution in [1.29, 1.82) is 0 Å². The van der Waals surface area contributed by atoms with Gasteiger partial charge >= 0.3 is 12.3 Å². The average Bonchev–Trinajstić information content (AvgIpc) is 3.33. The number of nitrogens with zero attached hydrogens (tertiary/aromatic N) is 3. The molecule has 0 bridgehead atoms. The van der Waals surface area contributed by atoms with Gasteiger partial charge in [0.1, 0.15) is 17.6 Å². The van der Waals surface area contributed by atoms with E-state index in [1.165, 1.54) is 0 Å². The smallest absolute Gasteiger partial charge is 0.433 e. The highest BCUT2D eigenvalue weighted by atomic mass is 16.8. The average molecular weight is 593 g/mol. The topological polar surface area (TPSA) is 170 Å². The number of hydrogen-bond acceptors (Lipinski definition) is 13. The van der Waals surface area contributed by atoms with Gasteiger partial charge in [-0.05, 0) is 71.5 Å². The van der Waals surface area contributed by atoms with Gasteiger partial charge in [0.15, 0.2) is 0 Å². The van der Waals surface area contributed by atoms with E-state index in [1.54, 1.807) is 56.5 Å². The molecule has 0 aliphatic heterocycles. The quantitative estimate of drug-likeness (QED) is 0.0643. The third kappa shape index (κ3) is 15.7. The number of nitrogens with two attached hydrogens (primary N) is 1. The van der Waals surface area contributed by atoms with E-state index in [0.29, 0.717) is 36.2 Å². The normalized spacial score (nSPS) is 11.9. The minimum atomic E-state index is -0.884.